The van der Waals surface area contributed by atoms with Gasteiger partial charge in [0.2, 0.25) is 5.89 Å². The lowest BCUT2D eigenvalue weighted by atomic mass is 10.1. The number of unbranched alkanes of at least 4 members (excludes halogenated alkanes) is 1. The van der Waals surface area contributed by atoms with Gasteiger partial charge in [-0.05, 0) is 24.6 Å². The van der Waals surface area contributed by atoms with Crippen LogP contribution in [0.5, 0.6) is 0 Å². The highest BCUT2D eigenvalue weighted by molar-refractivity contribution is 7.98. The minimum atomic E-state index is -0.160. The van der Waals surface area contributed by atoms with Gasteiger partial charge in [-0.15, -0.1) is 11.8 Å². The normalized spacial score (nSPS) is 12.6. The minimum absolute atomic E-state index is 0.160. The Morgan fingerprint density at radius 3 is 3.05 bits per heavy atom. The Bertz CT molecular complexity index is 547. The van der Waals surface area contributed by atoms with E-state index in [1.165, 1.54) is 0 Å². The molecule has 1 heterocycles. The van der Waals surface area contributed by atoms with Crippen LogP contribution < -0.4 is 5.73 Å². The maximum Gasteiger partial charge on any atom is 0.243 e. The third kappa shape index (κ3) is 4.51. The molecule has 0 aliphatic carbocycles. The topological polar surface area (TPSA) is 64.9 Å². The summed E-state index contributed by atoms with van der Waals surface area (Å²) < 4.78 is 5.21. The van der Waals surface area contributed by atoms with Gasteiger partial charge in [0.25, 0.3) is 0 Å². The van der Waals surface area contributed by atoms with Crippen LogP contribution in [0.3, 0.4) is 0 Å². The molecule has 0 aliphatic heterocycles. The van der Waals surface area contributed by atoms with Crippen molar-refractivity contribution in [3.05, 3.63) is 41.0 Å². The fourth-order valence-corrected chi connectivity index (χ4v) is 2.78. The lowest BCUT2D eigenvalue weighted by molar-refractivity contribution is 0.343. The van der Waals surface area contributed by atoms with E-state index in [0.717, 1.165) is 29.2 Å². The zero-order chi connectivity index (χ0) is 14.4. The van der Waals surface area contributed by atoms with Gasteiger partial charge in [-0.3, -0.25) is 0 Å². The highest BCUT2D eigenvalue weighted by Crippen LogP contribution is 2.25. The van der Waals surface area contributed by atoms with Crippen molar-refractivity contribution in [2.24, 2.45) is 5.73 Å². The van der Waals surface area contributed by atoms with E-state index in [9.17, 15) is 0 Å². The van der Waals surface area contributed by atoms with Crippen LogP contribution in [0.2, 0.25) is 5.02 Å². The smallest absolute Gasteiger partial charge is 0.243 e. The molecule has 1 atom stereocenters. The van der Waals surface area contributed by atoms with Crippen LogP contribution in [-0.4, -0.2) is 10.1 Å². The van der Waals surface area contributed by atoms with Gasteiger partial charge in [0.05, 0.1) is 11.8 Å². The lowest BCUT2D eigenvalue weighted by Crippen LogP contribution is -2.10. The summed E-state index contributed by atoms with van der Waals surface area (Å²) in [7, 11) is 0. The molecule has 0 spiro atoms. The Hall–Kier alpha value is -1.04. The van der Waals surface area contributed by atoms with Gasteiger partial charge in [-0.1, -0.05) is 42.6 Å². The summed E-state index contributed by atoms with van der Waals surface area (Å²) in [6.07, 6.45) is 3.05. The average Bonchev–Trinajstić information content (AvgIpc) is 2.91. The lowest BCUT2D eigenvalue weighted by Gasteiger charge is -2.03. The Balaban J connectivity index is 1.89. The second kappa shape index (κ2) is 7.67. The Morgan fingerprint density at radius 2 is 2.30 bits per heavy atom. The summed E-state index contributed by atoms with van der Waals surface area (Å²) in [5.41, 5.74) is 6.00. The SMILES string of the molecule is CCCC[C@H](N)c1nc(CSc2cccc(Cl)c2)no1. The van der Waals surface area contributed by atoms with Gasteiger partial charge in [-0.2, -0.15) is 4.98 Å². The van der Waals surface area contributed by atoms with Crippen LogP contribution in [-0.2, 0) is 5.75 Å². The number of nitrogens with zero attached hydrogens (tertiary/aromatic N) is 2. The quantitative estimate of drug-likeness (QED) is 0.776. The Labute approximate surface area is 128 Å². The van der Waals surface area contributed by atoms with E-state index in [0.29, 0.717) is 17.5 Å². The molecule has 0 fully saturated rings. The number of halogens is 1. The summed E-state index contributed by atoms with van der Waals surface area (Å²) in [5, 5.41) is 4.69. The van der Waals surface area contributed by atoms with Crippen molar-refractivity contribution in [1.82, 2.24) is 10.1 Å². The fourth-order valence-electron chi connectivity index (χ4n) is 1.73. The maximum atomic E-state index is 6.00. The third-order valence-electron chi connectivity index (χ3n) is 2.83. The molecule has 2 N–H and O–H groups in total. The van der Waals surface area contributed by atoms with Gasteiger partial charge >= 0.3 is 0 Å². The number of hydrogen-bond acceptors (Lipinski definition) is 5. The molecule has 0 saturated carbocycles. The van der Waals surface area contributed by atoms with Crippen LogP contribution >= 0.6 is 23.4 Å². The third-order valence-corrected chi connectivity index (χ3v) is 4.06. The summed E-state index contributed by atoms with van der Waals surface area (Å²) in [5.74, 6) is 1.83. The van der Waals surface area contributed by atoms with Crippen LogP contribution in [0.15, 0.2) is 33.7 Å². The van der Waals surface area contributed by atoms with Crippen LogP contribution in [0.4, 0.5) is 0 Å². The maximum absolute atomic E-state index is 6.00. The van der Waals surface area contributed by atoms with Crippen molar-refractivity contribution >= 4 is 23.4 Å². The molecule has 0 bridgehead atoms. The first kappa shape index (κ1) is 15.4. The van der Waals surface area contributed by atoms with Crippen molar-refractivity contribution < 1.29 is 4.52 Å². The molecule has 2 aromatic rings. The van der Waals surface area contributed by atoms with Crippen molar-refractivity contribution in [3.8, 4) is 0 Å². The first-order chi connectivity index (χ1) is 9.69. The van der Waals surface area contributed by atoms with E-state index in [2.05, 4.69) is 17.1 Å². The number of aromatic nitrogens is 2. The molecule has 108 valence electrons. The van der Waals surface area contributed by atoms with Gasteiger partial charge in [0, 0.05) is 9.92 Å². The Morgan fingerprint density at radius 1 is 1.45 bits per heavy atom. The van der Waals surface area contributed by atoms with Crippen LogP contribution in [0.1, 0.15) is 43.9 Å². The van der Waals surface area contributed by atoms with Crippen LogP contribution in [0.25, 0.3) is 0 Å². The predicted octanol–water partition coefficient (Wildman–Crippen LogP) is 4.21. The van der Waals surface area contributed by atoms with Gasteiger partial charge in [0.15, 0.2) is 5.82 Å². The molecule has 0 radical (unpaired) electrons. The highest BCUT2D eigenvalue weighted by Gasteiger charge is 2.14. The standard InChI is InChI=1S/C14H18ClN3OS/c1-2-3-7-12(16)14-17-13(18-19-14)9-20-11-6-4-5-10(15)8-11/h4-6,8,12H,2-3,7,9,16H2,1H3/t12-/m0/s1. The van der Waals surface area contributed by atoms with Crippen molar-refractivity contribution in [2.45, 2.75) is 42.9 Å². The summed E-state index contributed by atoms with van der Waals surface area (Å²) in [4.78, 5) is 5.43. The molecule has 0 aliphatic rings. The molecule has 0 saturated heterocycles. The monoisotopic (exact) mass is 311 g/mol. The van der Waals surface area contributed by atoms with Gasteiger partial charge < -0.3 is 10.3 Å². The summed E-state index contributed by atoms with van der Waals surface area (Å²) in [6, 6.07) is 7.54. The zero-order valence-corrected chi connectivity index (χ0v) is 13.0. The summed E-state index contributed by atoms with van der Waals surface area (Å²) in [6.45, 7) is 2.13. The molecular weight excluding hydrogens is 294 g/mol. The van der Waals surface area contributed by atoms with Gasteiger partial charge in [-0.25, -0.2) is 0 Å². The first-order valence-electron chi connectivity index (χ1n) is 6.65. The van der Waals surface area contributed by atoms with E-state index in [1.807, 2.05) is 24.3 Å². The molecule has 0 amide bonds. The van der Waals surface area contributed by atoms with E-state index in [-0.39, 0.29) is 6.04 Å². The minimum Gasteiger partial charge on any atom is -0.338 e. The highest BCUT2D eigenvalue weighted by atomic mass is 35.5. The van der Waals surface area contributed by atoms with Crippen molar-refractivity contribution in [1.29, 1.82) is 0 Å². The molecule has 20 heavy (non-hydrogen) atoms. The largest absolute Gasteiger partial charge is 0.338 e. The average molecular weight is 312 g/mol. The predicted molar refractivity (Wildman–Crippen MR) is 81.8 cm³/mol. The number of nitrogens with two attached hydrogens (primary N) is 1. The number of rotatable bonds is 7. The summed E-state index contributed by atoms with van der Waals surface area (Å²) >= 11 is 7.56. The second-order valence-electron chi connectivity index (χ2n) is 4.54. The number of hydrogen-bond donors (Lipinski definition) is 1. The van der Waals surface area contributed by atoms with Crippen LogP contribution in [0, 0.1) is 0 Å². The second-order valence-corrected chi connectivity index (χ2v) is 6.03. The molecular formula is C14H18ClN3OS. The molecule has 4 nitrogen and oxygen atoms in total. The molecule has 2 rings (SSSR count). The molecule has 1 aromatic heterocycles. The van der Waals surface area contributed by atoms with E-state index in [4.69, 9.17) is 21.9 Å². The van der Waals surface area contributed by atoms with E-state index in [1.54, 1.807) is 11.8 Å². The number of thioether (sulfide) groups is 1. The zero-order valence-electron chi connectivity index (χ0n) is 11.4. The molecule has 1 aromatic carbocycles. The van der Waals surface area contributed by atoms with E-state index >= 15 is 0 Å². The first-order valence-corrected chi connectivity index (χ1v) is 8.02. The van der Waals surface area contributed by atoms with Crippen molar-refractivity contribution in [2.75, 3.05) is 0 Å². The number of benzene rings is 1. The Kier molecular flexibility index (Phi) is 5.88. The molecule has 6 heteroatoms. The van der Waals surface area contributed by atoms with Gasteiger partial charge in [0.1, 0.15) is 0 Å². The fraction of sp³-hybridized carbons (Fsp3) is 0.429. The van der Waals surface area contributed by atoms with E-state index < -0.39 is 0 Å². The molecule has 0 unspecified atom stereocenters. The van der Waals surface area contributed by atoms with Crippen molar-refractivity contribution in [3.63, 3.8) is 0 Å².